The number of hydrogen-bond donors (Lipinski definition) is 1. The fourth-order valence-corrected chi connectivity index (χ4v) is 3.12. The molecule has 180 valence electrons. The van der Waals surface area contributed by atoms with Crippen LogP contribution in [-0.2, 0) is 16.1 Å². The molecule has 0 fully saturated rings. The van der Waals surface area contributed by atoms with Crippen molar-refractivity contribution in [3.63, 3.8) is 0 Å². The molecule has 2 aromatic rings. The van der Waals surface area contributed by atoms with Gasteiger partial charge in [0.1, 0.15) is 29.0 Å². The lowest BCUT2D eigenvalue weighted by Crippen LogP contribution is -2.53. The summed E-state index contributed by atoms with van der Waals surface area (Å²) in [5.74, 6) is 1.60. The average Bonchev–Trinajstić information content (AvgIpc) is 2.79. The van der Waals surface area contributed by atoms with Crippen molar-refractivity contribution in [3.05, 3.63) is 48.0 Å². The lowest BCUT2D eigenvalue weighted by molar-refractivity contribution is -0.142. The summed E-state index contributed by atoms with van der Waals surface area (Å²) in [6.07, 6.45) is 0. The van der Waals surface area contributed by atoms with Crippen molar-refractivity contribution in [3.8, 4) is 23.0 Å². The number of methoxy groups -OCH3 is 3. The van der Waals surface area contributed by atoms with Crippen LogP contribution in [0.2, 0.25) is 0 Å². The van der Waals surface area contributed by atoms with E-state index in [2.05, 4.69) is 5.32 Å². The Morgan fingerprint density at radius 2 is 1.48 bits per heavy atom. The summed E-state index contributed by atoms with van der Waals surface area (Å²) in [7, 11) is 4.65. The highest BCUT2D eigenvalue weighted by Gasteiger charge is 2.28. The second-order valence-corrected chi connectivity index (χ2v) is 8.63. The van der Waals surface area contributed by atoms with Crippen molar-refractivity contribution in [2.24, 2.45) is 0 Å². The van der Waals surface area contributed by atoms with Gasteiger partial charge >= 0.3 is 0 Å². The van der Waals surface area contributed by atoms with Crippen molar-refractivity contribution in [1.29, 1.82) is 0 Å². The third-order valence-corrected chi connectivity index (χ3v) is 4.84. The topological polar surface area (TPSA) is 86.3 Å². The van der Waals surface area contributed by atoms with Crippen LogP contribution in [0.15, 0.2) is 42.5 Å². The molecule has 8 heteroatoms. The Hall–Kier alpha value is -3.42. The Morgan fingerprint density at radius 3 is 2.03 bits per heavy atom. The summed E-state index contributed by atoms with van der Waals surface area (Å²) in [5, 5.41) is 2.94. The van der Waals surface area contributed by atoms with Gasteiger partial charge in [-0.05, 0) is 45.4 Å². The number of nitrogens with one attached hydrogen (secondary N) is 1. The molecule has 0 bridgehead atoms. The summed E-state index contributed by atoms with van der Waals surface area (Å²) in [6, 6.07) is 11.7. The van der Waals surface area contributed by atoms with Crippen LogP contribution in [0.5, 0.6) is 23.0 Å². The van der Waals surface area contributed by atoms with Crippen LogP contribution in [-0.4, -0.2) is 56.2 Å². The SMILES string of the molecule is COc1cccc(CN(C(=O)COc2cc(OC)cc(OC)c2)[C@@H](C)C(=O)NC(C)(C)C)c1. The Kier molecular flexibility index (Phi) is 8.96. The maximum absolute atomic E-state index is 13.2. The zero-order chi connectivity index (χ0) is 24.6. The molecule has 0 saturated carbocycles. The van der Waals surface area contributed by atoms with E-state index in [0.29, 0.717) is 23.0 Å². The first-order valence-corrected chi connectivity index (χ1v) is 10.7. The van der Waals surface area contributed by atoms with E-state index in [4.69, 9.17) is 18.9 Å². The molecular weight excluding hydrogens is 424 g/mol. The predicted octanol–water partition coefficient (Wildman–Crippen LogP) is 3.42. The zero-order valence-electron chi connectivity index (χ0n) is 20.4. The Labute approximate surface area is 195 Å². The van der Waals surface area contributed by atoms with Gasteiger partial charge in [-0.1, -0.05) is 12.1 Å². The highest BCUT2D eigenvalue weighted by Crippen LogP contribution is 2.27. The number of rotatable bonds is 10. The Bertz CT molecular complexity index is 932. The van der Waals surface area contributed by atoms with E-state index in [1.54, 1.807) is 32.2 Å². The summed E-state index contributed by atoms with van der Waals surface area (Å²) in [6.45, 7) is 7.35. The van der Waals surface area contributed by atoms with Crippen molar-refractivity contribution < 1.29 is 28.5 Å². The molecule has 0 heterocycles. The van der Waals surface area contributed by atoms with Crippen molar-refractivity contribution in [2.75, 3.05) is 27.9 Å². The van der Waals surface area contributed by atoms with Crippen molar-refractivity contribution in [1.82, 2.24) is 10.2 Å². The van der Waals surface area contributed by atoms with Crippen LogP contribution in [0.1, 0.15) is 33.3 Å². The van der Waals surface area contributed by atoms with Gasteiger partial charge in [0.15, 0.2) is 6.61 Å². The molecule has 0 unspecified atom stereocenters. The molecule has 0 radical (unpaired) electrons. The third-order valence-electron chi connectivity index (χ3n) is 4.84. The van der Waals surface area contributed by atoms with E-state index in [1.807, 2.05) is 45.0 Å². The summed E-state index contributed by atoms with van der Waals surface area (Å²) in [5.41, 5.74) is 0.407. The van der Waals surface area contributed by atoms with Gasteiger partial charge in [0.2, 0.25) is 5.91 Å². The average molecular weight is 459 g/mol. The van der Waals surface area contributed by atoms with Gasteiger partial charge in [-0.15, -0.1) is 0 Å². The molecule has 0 spiro atoms. The lowest BCUT2D eigenvalue weighted by Gasteiger charge is -2.31. The molecular formula is C25H34N2O6. The van der Waals surface area contributed by atoms with E-state index in [1.165, 1.54) is 19.1 Å². The smallest absolute Gasteiger partial charge is 0.261 e. The number of nitrogens with zero attached hydrogens (tertiary/aromatic N) is 1. The number of amides is 2. The van der Waals surface area contributed by atoms with Crippen molar-refractivity contribution >= 4 is 11.8 Å². The fourth-order valence-electron chi connectivity index (χ4n) is 3.12. The lowest BCUT2D eigenvalue weighted by atomic mass is 10.1. The van der Waals surface area contributed by atoms with Gasteiger partial charge in [0.25, 0.3) is 5.91 Å². The number of hydrogen-bond acceptors (Lipinski definition) is 6. The number of carbonyl (C=O) groups excluding carboxylic acids is 2. The Balaban J connectivity index is 2.24. The highest BCUT2D eigenvalue weighted by molar-refractivity contribution is 5.88. The summed E-state index contributed by atoms with van der Waals surface area (Å²) < 4.78 is 21.5. The summed E-state index contributed by atoms with van der Waals surface area (Å²) in [4.78, 5) is 27.6. The molecule has 2 rings (SSSR count). The van der Waals surface area contributed by atoms with E-state index in [0.717, 1.165) is 5.56 Å². The van der Waals surface area contributed by atoms with Gasteiger partial charge in [0.05, 0.1) is 21.3 Å². The molecule has 8 nitrogen and oxygen atoms in total. The minimum Gasteiger partial charge on any atom is -0.497 e. The first-order valence-electron chi connectivity index (χ1n) is 10.7. The van der Waals surface area contributed by atoms with Gasteiger partial charge in [-0.3, -0.25) is 9.59 Å². The number of carbonyl (C=O) groups is 2. The van der Waals surface area contributed by atoms with Crippen molar-refractivity contribution in [2.45, 2.75) is 45.8 Å². The van der Waals surface area contributed by atoms with Crippen LogP contribution in [0.4, 0.5) is 0 Å². The van der Waals surface area contributed by atoms with Crippen LogP contribution in [0, 0.1) is 0 Å². The standard InChI is InChI=1S/C25H34N2O6/c1-17(24(29)26-25(2,3)4)27(15-18-9-8-10-19(11-18)30-5)23(28)16-33-22-13-20(31-6)12-21(14-22)32-7/h8-14,17H,15-16H2,1-7H3,(H,26,29)/t17-/m0/s1. The normalized spacial score (nSPS) is 11.8. The molecule has 0 aliphatic carbocycles. The molecule has 2 aromatic carbocycles. The predicted molar refractivity (Wildman–Crippen MR) is 126 cm³/mol. The monoisotopic (exact) mass is 458 g/mol. The van der Waals surface area contributed by atoms with Gasteiger partial charge in [-0.2, -0.15) is 0 Å². The second kappa shape index (κ2) is 11.4. The van der Waals surface area contributed by atoms with Crippen LogP contribution < -0.4 is 24.3 Å². The Morgan fingerprint density at radius 1 is 0.909 bits per heavy atom. The minimum atomic E-state index is -0.716. The quantitative estimate of drug-likeness (QED) is 0.587. The number of benzene rings is 2. The molecule has 1 N–H and O–H groups in total. The molecule has 0 aromatic heterocycles. The maximum atomic E-state index is 13.2. The molecule has 0 aliphatic rings. The van der Waals surface area contributed by atoms with Gasteiger partial charge in [0, 0.05) is 30.3 Å². The molecule has 2 amide bonds. The third kappa shape index (κ3) is 7.89. The van der Waals surface area contributed by atoms with E-state index < -0.39 is 11.6 Å². The maximum Gasteiger partial charge on any atom is 0.261 e. The fraction of sp³-hybridized carbons (Fsp3) is 0.440. The van der Waals surface area contributed by atoms with E-state index >= 15 is 0 Å². The molecule has 0 aliphatic heterocycles. The summed E-state index contributed by atoms with van der Waals surface area (Å²) >= 11 is 0. The van der Waals surface area contributed by atoms with Crippen LogP contribution in [0.25, 0.3) is 0 Å². The molecule has 33 heavy (non-hydrogen) atoms. The minimum absolute atomic E-state index is 0.222. The first kappa shape index (κ1) is 25.8. The second-order valence-electron chi connectivity index (χ2n) is 8.63. The first-order chi connectivity index (χ1) is 15.6. The van der Waals surface area contributed by atoms with Crippen LogP contribution >= 0.6 is 0 Å². The zero-order valence-corrected chi connectivity index (χ0v) is 20.4. The number of ether oxygens (including phenoxy) is 4. The largest absolute Gasteiger partial charge is 0.497 e. The van der Waals surface area contributed by atoms with Crippen LogP contribution in [0.3, 0.4) is 0 Å². The highest BCUT2D eigenvalue weighted by atomic mass is 16.5. The van der Waals surface area contributed by atoms with E-state index in [9.17, 15) is 9.59 Å². The van der Waals surface area contributed by atoms with Gasteiger partial charge < -0.3 is 29.2 Å². The van der Waals surface area contributed by atoms with Gasteiger partial charge in [-0.25, -0.2) is 0 Å². The molecule has 0 saturated heterocycles. The molecule has 1 atom stereocenters. The van der Waals surface area contributed by atoms with E-state index in [-0.39, 0.29) is 25.0 Å².